The van der Waals surface area contributed by atoms with Crippen LogP contribution in [-0.2, 0) is 6.54 Å². The zero-order valence-electron chi connectivity index (χ0n) is 13.6. The van der Waals surface area contributed by atoms with E-state index in [0.717, 1.165) is 15.6 Å². The molecule has 0 fully saturated rings. The Bertz CT molecular complexity index is 851. The molecule has 1 aromatic heterocycles. The second-order valence-electron chi connectivity index (χ2n) is 5.83. The average Bonchev–Trinajstić information content (AvgIpc) is 2.89. The van der Waals surface area contributed by atoms with E-state index in [1.807, 2.05) is 37.4 Å². The summed E-state index contributed by atoms with van der Waals surface area (Å²) < 4.78 is 2.56. The molecule has 0 saturated heterocycles. The van der Waals surface area contributed by atoms with Crippen LogP contribution < -0.4 is 5.32 Å². The number of nitrogens with one attached hydrogen (secondary N) is 1. The van der Waals surface area contributed by atoms with E-state index in [2.05, 4.69) is 57.5 Å². The van der Waals surface area contributed by atoms with E-state index >= 15 is 0 Å². The molecule has 122 valence electrons. The summed E-state index contributed by atoms with van der Waals surface area (Å²) in [6, 6.07) is 15.8. The van der Waals surface area contributed by atoms with Crippen LogP contribution in [0, 0.1) is 13.8 Å². The summed E-state index contributed by atoms with van der Waals surface area (Å²) in [7, 11) is 0. The molecule has 2 aromatic carbocycles. The van der Waals surface area contributed by atoms with Gasteiger partial charge in [0.25, 0.3) is 5.91 Å². The topological polar surface area (TPSA) is 46.9 Å². The quantitative estimate of drug-likeness (QED) is 0.717. The molecular formula is C19H18BrN3O. The van der Waals surface area contributed by atoms with Crippen molar-refractivity contribution in [2.75, 3.05) is 5.32 Å². The molecule has 0 unspecified atom stereocenters. The number of rotatable bonds is 4. The maximum atomic E-state index is 12.3. The predicted molar refractivity (Wildman–Crippen MR) is 99.3 cm³/mol. The fourth-order valence-corrected chi connectivity index (χ4v) is 2.74. The molecule has 4 nitrogen and oxygen atoms in total. The minimum Gasteiger partial charge on any atom is -0.304 e. The molecule has 24 heavy (non-hydrogen) atoms. The average molecular weight is 384 g/mol. The molecule has 0 atom stereocenters. The summed E-state index contributed by atoms with van der Waals surface area (Å²) in [4.78, 5) is 12.3. The SMILES string of the molecule is Cc1ccc(Cn2cc(Br)c(NC(=O)c3ccc(C)cc3)n2)cc1. The van der Waals surface area contributed by atoms with Crippen molar-refractivity contribution >= 4 is 27.7 Å². The van der Waals surface area contributed by atoms with Crippen LogP contribution in [-0.4, -0.2) is 15.7 Å². The van der Waals surface area contributed by atoms with E-state index in [0.29, 0.717) is 17.9 Å². The summed E-state index contributed by atoms with van der Waals surface area (Å²) in [5, 5.41) is 7.29. The molecule has 1 heterocycles. The Hall–Kier alpha value is -2.40. The van der Waals surface area contributed by atoms with Crippen molar-refractivity contribution in [3.63, 3.8) is 0 Å². The first kappa shape index (κ1) is 16.5. The molecule has 0 bridgehead atoms. The highest BCUT2D eigenvalue weighted by atomic mass is 79.9. The first-order valence-electron chi connectivity index (χ1n) is 7.68. The summed E-state index contributed by atoms with van der Waals surface area (Å²) in [6.45, 7) is 4.71. The first-order chi connectivity index (χ1) is 11.5. The number of carbonyl (C=O) groups is 1. The van der Waals surface area contributed by atoms with Crippen molar-refractivity contribution < 1.29 is 4.79 Å². The van der Waals surface area contributed by atoms with Gasteiger partial charge in [-0.1, -0.05) is 47.5 Å². The van der Waals surface area contributed by atoms with E-state index in [4.69, 9.17) is 0 Å². The van der Waals surface area contributed by atoms with Crippen molar-refractivity contribution in [2.24, 2.45) is 0 Å². The van der Waals surface area contributed by atoms with Crippen molar-refractivity contribution in [2.45, 2.75) is 20.4 Å². The second-order valence-corrected chi connectivity index (χ2v) is 6.68. The van der Waals surface area contributed by atoms with E-state index in [-0.39, 0.29) is 5.91 Å². The number of aromatic nitrogens is 2. The van der Waals surface area contributed by atoms with Crippen LogP contribution in [0.4, 0.5) is 5.82 Å². The number of nitrogens with zero attached hydrogens (tertiary/aromatic N) is 2. The number of aryl methyl sites for hydroxylation is 2. The zero-order chi connectivity index (χ0) is 17.1. The van der Waals surface area contributed by atoms with Gasteiger partial charge in [0, 0.05) is 11.8 Å². The summed E-state index contributed by atoms with van der Waals surface area (Å²) >= 11 is 3.46. The van der Waals surface area contributed by atoms with Crippen LogP contribution in [0.25, 0.3) is 0 Å². The molecule has 0 radical (unpaired) electrons. The number of amides is 1. The van der Waals surface area contributed by atoms with Crippen LogP contribution in [0.5, 0.6) is 0 Å². The standard InChI is InChI=1S/C19H18BrN3O/c1-13-3-7-15(8-4-13)11-23-12-17(20)18(22-23)21-19(24)16-9-5-14(2)6-10-16/h3-10,12H,11H2,1-2H3,(H,21,22,24). The Morgan fingerprint density at radius 2 is 1.62 bits per heavy atom. The summed E-state index contributed by atoms with van der Waals surface area (Å²) in [5.74, 6) is 0.351. The van der Waals surface area contributed by atoms with Crippen molar-refractivity contribution in [3.05, 3.63) is 81.5 Å². The fourth-order valence-electron chi connectivity index (χ4n) is 2.33. The van der Waals surface area contributed by atoms with Crippen LogP contribution in [0.15, 0.2) is 59.2 Å². The van der Waals surface area contributed by atoms with Gasteiger partial charge < -0.3 is 5.32 Å². The van der Waals surface area contributed by atoms with Crippen LogP contribution in [0.3, 0.4) is 0 Å². The van der Waals surface area contributed by atoms with Gasteiger partial charge in [-0.25, -0.2) is 0 Å². The normalized spacial score (nSPS) is 10.6. The second kappa shape index (κ2) is 7.01. The van der Waals surface area contributed by atoms with Gasteiger partial charge in [0.05, 0.1) is 11.0 Å². The van der Waals surface area contributed by atoms with Gasteiger partial charge in [-0.3, -0.25) is 9.48 Å². The summed E-state index contributed by atoms with van der Waals surface area (Å²) in [5.41, 5.74) is 4.12. The van der Waals surface area contributed by atoms with Crippen LogP contribution >= 0.6 is 15.9 Å². The highest BCUT2D eigenvalue weighted by Gasteiger charge is 2.12. The number of hydrogen-bond donors (Lipinski definition) is 1. The maximum Gasteiger partial charge on any atom is 0.256 e. The molecule has 3 aromatic rings. The van der Waals surface area contributed by atoms with E-state index < -0.39 is 0 Å². The first-order valence-corrected chi connectivity index (χ1v) is 8.47. The van der Waals surface area contributed by atoms with Gasteiger partial charge >= 0.3 is 0 Å². The minimum atomic E-state index is -0.170. The largest absolute Gasteiger partial charge is 0.304 e. The summed E-state index contributed by atoms with van der Waals surface area (Å²) in [6.07, 6.45) is 1.87. The molecule has 0 saturated carbocycles. The van der Waals surface area contributed by atoms with Gasteiger partial charge in [-0.2, -0.15) is 5.10 Å². The van der Waals surface area contributed by atoms with Crippen LogP contribution in [0.1, 0.15) is 27.0 Å². The molecule has 3 rings (SSSR count). The predicted octanol–water partition coefficient (Wildman–Crippen LogP) is 4.56. The molecule has 0 aliphatic rings. The molecule has 5 heteroatoms. The van der Waals surface area contributed by atoms with Gasteiger partial charge in [0.2, 0.25) is 0 Å². The number of carbonyl (C=O) groups excluding carboxylic acids is 1. The zero-order valence-corrected chi connectivity index (χ0v) is 15.2. The third kappa shape index (κ3) is 3.92. The lowest BCUT2D eigenvalue weighted by Gasteiger charge is -2.04. The van der Waals surface area contributed by atoms with Gasteiger partial charge in [-0.15, -0.1) is 0 Å². The Morgan fingerprint density at radius 3 is 2.25 bits per heavy atom. The van der Waals surface area contributed by atoms with E-state index in [9.17, 15) is 4.79 Å². The lowest BCUT2D eigenvalue weighted by molar-refractivity contribution is 0.102. The lowest BCUT2D eigenvalue weighted by atomic mass is 10.1. The van der Waals surface area contributed by atoms with Gasteiger partial charge in [0.1, 0.15) is 0 Å². The Balaban J connectivity index is 1.72. The third-order valence-electron chi connectivity index (χ3n) is 3.73. The minimum absolute atomic E-state index is 0.170. The van der Waals surface area contributed by atoms with Crippen molar-refractivity contribution in [1.82, 2.24) is 9.78 Å². The molecule has 0 spiro atoms. The third-order valence-corrected chi connectivity index (χ3v) is 4.31. The lowest BCUT2D eigenvalue weighted by Crippen LogP contribution is -2.13. The number of hydrogen-bond acceptors (Lipinski definition) is 2. The highest BCUT2D eigenvalue weighted by molar-refractivity contribution is 9.10. The number of halogens is 1. The molecule has 0 aliphatic heterocycles. The molecular weight excluding hydrogens is 366 g/mol. The highest BCUT2D eigenvalue weighted by Crippen LogP contribution is 2.21. The Morgan fingerprint density at radius 1 is 1.04 bits per heavy atom. The van der Waals surface area contributed by atoms with Gasteiger partial charge in [-0.05, 0) is 47.5 Å². The van der Waals surface area contributed by atoms with Crippen molar-refractivity contribution in [1.29, 1.82) is 0 Å². The Kier molecular flexibility index (Phi) is 4.81. The van der Waals surface area contributed by atoms with E-state index in [1.54, 1.807) is 4.68 Å². The maximum absolute atomic E-state index is 12.3. The smallest absolute Gasteiger partial charge is 0.256 e. The van der Waals surface area contributed by atoms with Gasteiger partial charge in [0.15, 0.2) is 5.82 Å². The number of anilines is 1. The monoisotopic (exact) mass is 383 g/mol. The van der Waals surface area contributed by atoms with Crippen molar-refractivity contribution in [3.8, 4) is 0 Å². The molecule has 1 N–H and O–H groups in total. The van der Waals surface area contributed by atoms with Crippen LogP contribution in [0.2, 0.25) is 0 Å². The fraction of sp³-hybridized carbons (Fsp3) is 0.158. The number of benzene rings is 2. The molecule has 0 aliphatic carbocycles. The Labute approximate surface area is 149 Å². The molecule has 1 amide bonds. The van der Waals surface area contributed by atoms with E-state index in [1.165, 1.54) is 5.56 Å².